The van der Waals surface area contributed by atoms with E-state index in [4.69, 9.17) is 14.2 Å². The Morgan fingerprint density at radius 1 is 1.29 bits per heavy atom. The number of carboxylic acids is 1. The van der Waals surface area contributed by atoms with Crippen LogP contribution in [0.1, 0.15) is 38.7 Å². The van der Waals surface area contributed by atoms with E-state index >= 15 is 0 Å². The number of benzene rings is 1. The number of hydrogen-bond donors (Lipinski definition) is 1. The first-order valence-electron chi connectivity index (χ1n) is 6.60. The lowest BCUT2D eigenvalue weighted by atomic mass is 9.95. The van der Waals surface area contributed by atoms with Gasteiger partial charge in [0.2, 0.25) is 6.79 Å². The van der Waals surface area contributed by atoms with Crippen molar-refractivity contribution in [2.45, 2.75) is 38.7 Å². The summed E-state index contributed by atoms with van der Waals surface area (Å²) in [5.74, 6) is -1.55. The summed E-state index contributed by atoms with van der Waals surface area (Å²) < 4.78 is 15.6. The van der Waals surface area contributed by atoms with Gasteiger partial charge in [0.05, 0.1) is 12.3 Å². The Hall–Kier alpha value is -2.24. The molecule has 1 aliphatic rings. The Morgan fingerprint density at radius 2 is 1.95 bits per heavy atom. The molecule has 21 heavy (non-hydrogen) atoms. The fraction of sp³-hybridized carbons (Fsp3) is 0.467. The molecule has 1 aliphatic heterocycles. The molecule has 1 N–H and O–H groups in total. The van der Waals surface area contributed by atoms with Crippen molar-refractivity contribution >= 4 is 11.9 Å². The predicted octanol–water partition coefficient (Wildman–Crippen LogP) is 2.32. The van der Waals surface area contributed by atoms with E-state index in [-0.39, 0.29) is 13.2 Å². The van der Waals surface area contributed by atoms with Crippen molar-refractivity contribution in [1.82, 2.24) is 0 Å². The maximum atomic E-state index is 11.8. The molecule has 1 aromatic rings. The third-order valence-electron chi connectivity index (χ3n) is 2.89. The van der Waals surface area contributed by atoms with E-state index in [0.717, 1.165) is 0 Å². The quantitative estimate of drug-likeness (QED) is 0.858. The van der Waals surface area contributed by atoms with Crippen molar-refractivity contribution in [2.75, 3.05) is 6.79 Å². The molecule has 6 heteroatoms. The summed E-state index contributed by atoms with van der Waals surface area (Å²) in [6.07, 6.45) is -0.230. The standard InChI is InChI=1S/C15H18O6/c1-15(2,3)21-13(16)7-10(14(17)18)9-4-5-11-12(6-9)20-8-19-11/h4-6,10H,7-8H2,1-3H3,(H,17,18)/t10-/m1/s1. The number of fused-ring (bicyclic) bond motifs is 1. The van der Waals surface area contributed by atoms with Crippen LogP contribution in [0.2, 0.25) is 0 Å². The number of aliphatic carboxylic acids is 1. The van der Waals surface area contributed by atoms with Crippen LogP contribution in [0.15, 0.2) is 18.2 Å². The lowest BCUT2D eigenvalue weighted by Crippen LogP contribution is -2.26. The van der Waals surface area contributed by atoms with Gasteiger partial charge in [0.1, 0.15) is 5.60 Å². The first kappa shape index (κ1) is 15.2. The van der Waals surface area contributed by atoms with E-state index in [9.17, 15) is 14.7 Å². The van der Waals surface area contributed by atoms with Crippen molar-refractivity contribution in [3.8, 4) is 11.5 Å². The Balaban J connectivity index is 2.16. The zero-order chi connectivity index (χ0) is 15.6. The van der Waals surface area contributed by atoms with E-state index in [2.05, 4.69) is 0 Å². The van der Waals surface area contributed by atoms with Gasteiger partial charge in [-0.3, -0.25) is 9.59 Å². The molecule has 114 valence electrons. The molecule has 1 atom stereocenters. The third-order valence-corrected chi connectivity index (χ3v) is 2.89. The summed E-state index contributed by atoms with van der Waals surface area (Å²) in [6, 6.07) is 4.85. The fourth-order valence-electron chi connectivity index (χ4n) is 2.03. The van der Waals surface area contributed by atoms with Crippen LogP contribution in [0.4, 0.5) is 0 Å². The van der Waals surface area contributed by atoms with Crippen molar-refractivity contribution in [1.29, 1.82) is 0 Å². The average Bonchev–Trinajstić information content (AvgIpc) is 2.80. The number of carbonyl (C=O) groups excluding carboxylic acids is 1. The number of hydrogen-bond acceptors (Lipinski definition) is 5. The minimum Gasteiger partial charge on any atom is -0.481 e. The van der Waals surface area contributed by atoms with Crippen molar-refractivity contribution in [3.05, 3.63) is 23.8 Å². The van der Waals surface area contributed by atoms with Crippen LogP contribution in [0.25, 0.3) is 0 Å². The first-order valence-corrected chi connectivity index (χ1v) is 6.60. The van der Waals surface area contributed by atoms with Gasteiger partial charge in [-0.1, -0.05) is 6.07 Å². The molecule has 6 nitrogen and oxygen atoms in total. The molecule has 0 aromatic heterocycles. The molecule has 0 bridgehead atoms. The molecule has 0 saturated carbocycles. The van der Waals surface area contributed by atoms with Gasteiger partial charge in [-0.2, -0.15) is 0 Å². The van der Waals surface area contributed by atoms with Crippen LogP contribution in [0.5, 0.6) is 11.5 Å². The monoisotopic (exact) mass is 294 g/mol. The number of ether oxygens (including phenoxy) is 3. The molecule has 2 rings (SSSR count). The summed E-state index contributed by atoms with van der Waals surface area (Å²) in [5.41, 5.74) is -0.160. The van der Waals surface area contributed by atoms with Crippen LogP contribution < -0.4 is 9.47 Å². The molecule has 0 unspecified atom stereocenters. The van der Waals surface area contributed by atoms with Gasteiger partial charge in [0.15, 0.2) is 11.5 Å². The summed E-state index contributed by atoms with van der Waals surface area (Å²) in [4.78, 5) is 23.3. The molecule has 0 fully saturated rings. The van der Waals surface area contributed by atoms with Crippen LogP contribution in [0.3, 0.4) is 0 Å². The van der Waals surface area contributed by atoms with Crippen LogP contribution in [-0.4, -0.2) is 29.4 Å². The minimum absolute atomic E-state index is 0.114. The van der Waals surface area contributed by atoms with E-state index in [1.807, 2.05) is 0 Å². The van der Waals surface area contributed by atoms with E-state index in [1.54, 1.807) is 39.0 Å². The zero-order valence-electron chi connectivity index (χ0n) is 12.2. The van der Waals surface area contributed by atoms with Gasteiger partial charge in [-0.25, -0.2) is 0 Å². The van der Waals surface area contributed by atoms with E-state index in [0.29, 0.717) is 17.1 Å². The predicted molar refractivity (Wildman–Crippen MR) is 73.4 cm³/mol. The third kappa shape index (κ3) is 3.87. The molecule has 0 radical (unpaired) electrons. The highest BCUT2D eigenvalue weighted by molar-refractivity contribution is 5.83. The summed E-state index contributed by atoms with van der Waals surface area (Å²) in [6.45, 7) is 5.33. The molecule has 0 spiro atoms. The first-order chi connectivity index (χ1) is 9.76. The number of rotatable bonds is 4. The van der Waals surface area contributed by atoms with Gasteiger partial charge in [0, 0.05) is 0 Å². The topological polar surface area (TPSA) is 82.1 Å². The number of esters is 1. The van der Waals surface area contributed by atoms with Gasteiger partial charge in [-0.15, -0.1) is 0 Å². The summed E-state index contributed by atoms with van der Waals surface area (Å²) in [7, 11) is 0. The second-order valence-electron chi connectivity index (χ2n) is 5.79. The largest absolute Gasteiger partial charge is 0.481 e. The summed E-state index contributed by atoms with van der Waals surface area (Å²) >= 11 is 0. The fourth-order valence-corrected chi connectivity index (χ4v) is 2.03. The average molecular weight is 294 g/mol. The number of carboxylic acid groups (broad SMARTS) is 1. The highest BCUT2D eigenvalue weighted by atomic mass is 16.7. The Morgan fingerprint density at radius 3 is 2.57 bits per heavy atom. The van der Waals surface area contributed by atoms with Gasteiger partial charge in [-0.05, 0) is 38.5 Å². The zero-order valence-corrected chi connectivity index (χ0v) is 12.2. The normalized spacial score (nSPS) is 14.6. The lowest BCUT2D eigenvalue weighted by molar-refractivity contribution is -0.158. The molecule has 0 amide bonds. The van der Waals surface area contributed by atoms with Crippen LogP contribution in [-0.2, 0) is 14.3 Å². The van der Waals surface area contributed by atoms with Gasteiger partial charge >= 0.3 is 11.9 Å². The summed E-state index contributed by atoms with van der Waals surface area (Å²) in [5, 5.41) is 9.34. The molecule has 1 heterocycles. The minimum atomic E-state index is -1.08. The van der Waals surface area contributed by atoms with Crippen molar-refractivity contribution < 1.29 is 28.9 Å². The van der Waals surface area contributed by atoms with Gasteiger partial charge in [0.25, 0.3) is 0 Å². The number of carbonyl (C=O) groups is 2. The molecule has 0 aliphatic carbocycles. The van der Waals surface area contributed by atoms with Crippen LogP contribution in [0, 0.1) is 0 Å². The highest BCUT2D eigenvalue weighted by Crippen LogP contribution is 2.35. The smallest absolute Gasteiger partial charge is 0.311 e. The molecule has 0 saturated heterocycles. The SMILES string of the molecule is CC(C)(C)OC(=O)C[C@@H](C(=O)O)c1ccc2c(c1)OCO2. The van der Waals surface area contributed by atoms with Crippen molar-refractivity contribution in [3.63, 3.8) is 0 Å². The molecule has 1 aromatic carbocycles. The van der Waals surface area contributed by atoms with E-state index in [1.165, 1.54) is 0 Å². The molecular weight excluding hydrogens is 276 g/mol. The Labute approximate surface area is 122 Å². The maximum Gasteiger partial charge on any atom is 0.311 e. The van der Waals surface area contributed by atoms with Gasteiger partial charge < -0.3 is 19.3 Å². The second-order valence-corrected chi connectivity index (χ2v) is 5.79. The van der Waals surface area contributed by atoms with Crippen LogP contribution >= 0.6 is 0 Å². The van der Waals surface area contributed by atoms with Crippen molar-refractivity contribution in [2.24, 2.45) is 0 Å². The highest BCUT2D eigenvalue weighted by Gasteiger charge is 2.28. The Bertz CT molecular complexity index is 558. The molecular formula is C15H18O6. The Kier molecular flexibility index (Phi) is 4.06. The second kappa shape index (κ2) is 5.63. The van der Waals surface area contributed by atoms with E-state index < -0.39 is 23.5 Å². The lowest BCUT2D eigenvalue weighted by Gasteiger charge is -2.21. The maximum absolute atomic E-state index is 11.8.